The molecule has 8 heteroatoms. The molecule has 1 aromatic heterocycles. The zero-order valence-corrected chi connectivity index (χ0v) is 16.1. The van der Waals surface area contributed by atoms with Crippen molar-refractivity contribution in [2.24, 2.45) is 0 Å². The Morgan fingerprint density at radius 1 is 0.926 bits per heavy atom. The zero-order chi connectivity index (χ0) is 19.6. The number of alkyl halides is 3. The molecule has 3 rings (SSSR count). The minimum absolute atomic E-state index is 0.0248. The van der Waals surface area contributed by atoms with Crippen LogP contribution in [0.3, 0.4) is 0 Å². The molecule has 0 spiro atoms. The molecule has 27 heavy (non-hydrogen) atoms. The Balaban J connectivity index is 1.90. The maximum Gasteiger partial charge on any atom is 0.417 e. The maximum atomic E-state index is 13.2. The van der Waals surface area contributed by atoms with Crippen LogP contribution >= 0.6 is 15.9 Å². The van der Waals surface area contributed by atoms with Crippen LogP contribution in [0.25, 0.3) is 0 Å². The lowest BCUT2D eigenvalue weighted by molar-refractivity contribution is -0.138. The zero-order valence-electron chi connectivity index (χ0n) is 14.5. The van der Waals surface area contributed by atoms with Gasteiger partial charge in [0.2, 0.25) is 5.95 Å². The topological polar surface area (TPSA) is 49.8 Å². The SMILES string of the molecule is Cc1cnc(Nc2cc(C)c(Br)c(C(F)(F)F)c2)nc1Nc1ccccc1. The van der Waals surface area contributed by atoms with Crippen molar-refractivity contribution in [1.82, 2.24) is 9.97 Å². The summed E-state index contributed by atoms with van der Waals surface area (Å²) in [5, 5.41) is 6.03. The number of anilines is 4. The lowest BCUT2D eigenvalue weighted by Gasteiger charge is -2.15. The van der Waals surface area contributed by atoms with Gasteiger partial charge in [0, 0.05) is 27.6 Å². The van der Waals surface area contributed by atoms with Gasteiger partial charge in [-0.1, -0.05) is 18.2 Å². The first kappa shape index (κ1) is 19.2. The van der Waals surface area contributed by atoms with Crippen LogP contribution < -0.4 is 10.6 Å². The summed E-state index contributed by atoms with van der Waals surface area (Å²) < 4.78 is 39.6. The van der Waals surface area contributed by atoms with Crippen molar-refractivity contribution >= 4 is 39.1 Å². The molecule has 0 saturated heterocycles. The molecular weight excluding hydrogens is 421 g/mol. The van der Waals surface area contributed by atoms with Crippen LogP contribution in [0.4, 0.5) is 36.3 Å². The van der Waals surface area contributed by atoms with Crippen molar-refractivity contribution < 1.29 is 13.2 Å². The second kappa shape index (κ2) is 7.56. The van der Waals surface area contributed by atoms with E-state index in [2.05, 4.69) is 36.5 Å². The van der Waals surface area contributed by atoms with E-state index >= 15 is 0 Å². The Morgan fingerprint density at radius 2 is 1.63 bits per heavy atom. The van der Waals surface area contributed by atoms with Crippen LogP contribution in [-0.4, -0.2) is 9.97 Å². The van der Waals surface area contributed by atoms with Gasteiger partial charge in [0.05, 0.1) is 5.56 Å². The van der Waals surface area contributed by atoms with Gasteiger partial charge in [-0.2, -0.15) is 18.2 Å². The summed E-state index contributed by atoms with van der Waals surface area (Å²) >= 11 is 3.00. The van der Waals surface area contributed by atoms with Crippen LogP contribution in [0.2, 0.25) is 0 Å². The third-order valence-electron chi connectivity index (χ3n) is 3.82. The van der Waals surface area contributed by atoms with Crippen molar-refractivity contribution in [2.45, 2.75) is 20.0 Å². The molecule has 2 N–H and O–H groups in total. The monoisotopic (exact) mass is 436 g/mol. The number of aryl methyl sites for hydroxylation is 2. The van der Waals surface area contributed by atoms with E-state index in [1.165, 1.54) is 0 Å². The highest BCUT2D eigenvalue weighted by atomic mass is 79.9. The highest BCUT2D eigenvalue weighted by Gasteiger charge is 2.34. The normalized spacial score (nSPS) is 11.3. The molecule has 0 bridgehead atoms. The van der Waals surface area contributed by atoms with E-state index in [1.807, 2.05) is 37.3 Å². The first-order valence-corrected chi connectivity index (χ1v) is 8.83. The van der Waals surface area contributed by atoms with Gasteiger partial charge in [-0.15, -0.1) is 0 Å². The molecular formula is C19H16BrF3N4. The van der Waals surface area contributed by atoms with Gasteiger partial charge in [-0.25, -0.2) is 4.98 Å². The summed E-state index contributed by atoms with van der Waals surface area (Å²) in [6.45, 7) is 3.45. The number of hydrogen-bond acceptors (Lipinski definition) is 4. The molecule has 2 aromatic carbocycles. The number of rotatable bonds is 4. The van der Waals surface area contributed by atoms with Gasteiger partial charge >= 0.3 is 6.18 Å². The predicted octanol–water partition coefficient (Wildman–Crippen LogP) is 6.36. The molecule has 0 aliphatic carbocycles. The first-order chi connectivity index (χ1) is 12.7. The van der Waals surface area contributed by atoms with Gasteiger partial charge in [0.15, 0.2) is 0 Å². The minimum Gasteiger partial charge on any atom is -0.340 e. The first-order valence-electron chi connectivity index (χ1n) is 8.04. The second-order valence-corrected chi connectivity index (χ2v) is 6.79. The Labute approximate surface area is 163 Å². The maximum absolute atomic E-state index is 13.2. The van der Waals surface area contributed by atoms with Gasteiger partial charge in [0.1, 0.15) is 5.82 Å². The molecule has 140 valence electrons. The lowest BCUT2D eigenvalue weighted by Crippen LogP contribution is -2.09. The molecule has 1 heterocycles. The van der Waals surface area contributed by atoms with Gasteiger partial charge < -0.3 is 10.6 Å². The quantitative estimate of drug-likeness (QED) is 0.499. The van der Waals surface area contributed by atoms with Crippen LogP contribution in [-0.2, 0) is 6.18 Å². The highest BCUT2D eigenvalue weighted by molar-refractivity contribution is 9.10. The summed E-state index contributed by atoms with van der Waals surface area (Å²) in [6, 6.07) is 12.1. The summed E-state index contributed by atoms with van der Waals surface area (Å²) in [5.74, 6) is 0.775. The number of halogens is 4. The van der Waals surface area contributed by atoms with E-state index in [0.29, 0.717) is 11.4 Å². The molecule has 0 amide bonds. The van der Waals surface area contributed by atoms with Crippen molar-refractivity contribution in [2.75, 3.05) is 10.6 Å². The van der Waals surface area contributed by atoms with E-state index in [0.717, 1.165) is 17.3 Å². The third kappa shape index (κ3) is 4.57. The Morgan fingerprint density at radius 3 is 2.30 bits per heavy atom. The Kier molecular flexibility index (Phi) is 5.36. The molecule has 0 unspecified atom stereocenters. The highest BCUT2D eigenvalue weighted by Crippen LogP contribution is 2.38. The average Bonchev–Trinajstić information content (AvgIpc) is 2.61. The molecule has 0 fully saturated rings. The molecule has 0 aliphatic rings. The average molecular weight is 437 g/mol. The Bertz CT molecular complexity index is 959. The number of hydrogen-bond donors (Lipinski definition) is 2. The molecule has 4 nitrogen and oxygen atoms in total. The van der Waals surface area contributed by atoms with Gasteiger partial charge in [-0.3, -0.25) is 0 Å². The van der Waals surface area contributed by atoms with E-state index in [4.69, 9.17) is 0 Å². The molecule has 0 atom stereocenters. The van der Waals surface area contributed by atoms with Gasteiger partial charge in [-0.05, 0) is 59.6 Å². The molecule has 0 radical (unpaired) electrons. The number of aromatic nitrogens is 2. The smallest absolute Gasteiger partial charge is 0.340 e. The summed E-state index contributed by atoms with van der Waals surface area (Å²) in [7, 11) is 0. The number of nitrogens with zero attached hydrogens (tertiary/aromatic N) is 2. The second-order valence-electron chi connectivity index (χ2n) is 5.99. The summed E-state index contributed by atoms with van der Waals surface area (Å²) in [6.07, 6.45) is -2.85. The number of benzene rings is 2. The fourth-order valence-corrected chi connectivity index (χ4v) is 2.92. The lowest BCUT2D eigenvalue weighted by atomic mass is 10.1. The van der Waals surface area contributed by atoms with Crippen LogP contribution in [0.15, 0.2) is 53.1 Å². The van der Waals surface area contributed by atoms with Gasteiger partial charge in [0.25, 0.3) is 0 Å². The minimum atomic E-state index is -4.46. The van der Waals surface area contributed by atoms with Crippen LogP contribution in [0.5, 0.6) is 0 Å². The van der Waals surface area contributed by atoms with Crippen molar-refractivity contribution in [3.05, 3.63) is 69.8 Å². The van der Waals surface area contributed by atoms with Crippen LogP contribution in [0, 0.1) is 13.8 Å². The van der Waals surface area contributed by atoms with Crippen molar-refractivity contribution in [3.8, 4) is 0 Å². The fraction of sp³-hybridized carbons (Fsp3) is 0.158. The molecule has 3 aromatic rings. The Hall–Kier alpha value is -2.61. The van der Waals surface area contributed by atoms with E-state index < -0.39 is 11.7 Å². The third-order valence-corrected chi connectivity index (χ3v) is 4.88. The summed E-state index contributed by atoms with van der Waals surface area (Å²) in [5.41, 5.74) is 1.64. The van der Waals surface area contributed by atoms with Crippen molar-refractivity contribution in [1.29, 1.82) is 0 Å². The van der Waals surface area contributed by atoms with E-state index in [-0.39, 0.29) is 16.1 Å². The van der Waals surface area contributed by atoms with Crippen molar-refractivity contribution in [3.63, 3.8) is 0 Å². The molecule has 0 aliphatic heterocycles. The summed E-state index contributed by atoms with van der Waals surface area (Å²) in [4.78, 5) is 8.55. The number of nitrogens with one attached hydrogen (secondary N) is 2. The number of para-hydroxylation sites is 1. The predicted molar refractivity (Wildman–Crippen MR) is 104 cm³/mol. The van der Waals surface area contributed by atoms with Crippen LogP contribution in [0.1, 0.15) is 16.7 Å². The van der Waals surface area contributed by atoms with E-state index in [9.17, 15) is 13.2 Å². The largest absolute Gasteiger partial charge is 0.417 e. The molecule has 0 saturated carbocycles. The van der Waals surface area contributed by atoms with E-state index in [1.54, 1.807) is 19.2 Å². The standard InChI is InChI=1S/C19H16BrF3N4/c1-11-8-14(9-15(16(11)20)19(21,22)23)26-18-24-10-12(2)17(27-18)25-13-6-4-3-5-7-13/h3-10H,1-2H3,(H2,24,25,26,27). The fourth-order valence-electron chi connectivity index (χ4n) is 2.46.